The van der Waals surface area contributed by atoms with Crippen molar-refractivity contribution in [3.63, 3.8) is 0 Å². The first-order valence-corrected chi connectivity index (χ1v) is 6.40. The Morgan fingerprint density at radius 1 is 1.59 bits per heavy atom. The van der Waals surface area contributed by atoms with Crippen molar-refractivity contribution in [3.05, 3.63) is 11.8 Å². The third-order valence-electron chi connectivity index (χ3n) is 2.96. The van der Waals surface area contributed by atoms with Gasteiger partial charge < -0.3 is 10.0 Å². The molecule has 0 heterocycles. The molecule has 0 fully saturated rings. The van der Waals surface area contributed by atoms with Crippen LogP contribution >= 0.6 is 0 Å². The first-order valence-electron chi connectivity index (χ1n) is 6.40. The standard InChI is InChI=1S/C13H24N2O2/c1-4-15(12-7-5-6-8-12)13(17)10-14(3)9-11(2)16/h7,11,16H,4-6,8-10H2,1-3H3. The lowest BCUT2D eigenvalue weighted by Crippen LogP contribution is -2.40. The molecule has 17 heavy (non-hydrogen) atoms. The third-order valence-corrected chi connectivity index (χ3v) is 2.96. The molecule has 1 unspecified atom stereocenters. The second-order valence-corrected chi connectivity index (χ2v) is 4.77. The van der Waals surface area contributed by atoms with Gasteiger partial charge in [0.15, 0.2) is 0 Å². The van der Waals surface area contributed by atoms with Crippen molar-refractivity contribution in [2.75, 3.05) is 26.7 Å². The summed E-state index contributed by atoms with van der Waals surface area (Å²) in [5.41, 5.74) is 1.17. The van der Waals surface area contributed by atoms with Crippen molar-refractivity contribution < 1.29 is 9.90 Å². The highest BCUT2D eigenvalue weighted by molar-refractivity contribution is 5.80. The maximum atomic E-state index is 12.1. The maximum absolute atomic E-state index is 12.1. The second-order valence-electron chi connectivity index (χ2n) is 4.77. The Bertz CT molecular complexity index is 287. The number of carbonyl (C=O) groups excluding carboxylic acids is 1. The zero-order chi connectivity index (χ0) is 12.8. The predicted molar refractivity (Wildman–Crippen MR) is 68.5 cm³/mol. The number of aliphatic hydroxyl groups is 1. The molecule has 4 nitrogen and oxygen atoms in total. The molecule has 1 amide bonds. The largest absolute Gasteiger partial charge is 0.392 e. The quantitative estimate of drug-likeness (QED) is 0.759. The van der Waals surface area contributed by atoms with E-state index in [-0.39, 0.29) is 5.91 Å². The fourth-order valence-corrected chi connectivity index (χ4v) is 2.27. The van der Waals surface area contributed by atoms with E-state index < -0.39 is 6.10 Å². The molecule has 1 aliphatic rings. The van der Waals surface area contributed by atoms with E-state index in [4.69, 9.17) is 0 Å². The molecule has 0 aromatic carbocycles. The molecule has 1 N–H and O–H groups in total. The maximum Gasteiger partial charge on any atom is 0.240 e. The molecule has 0 spiro atoms. The van der Waals surface area contributed by atoms with Gasteiger partial charge >= 0.3 is 0 Å². The van der Waals surface area contributed by atoms with Gasteiger partial charge in [-0.1, -0.05) is 6.08 Å². The van der Waals surface area contributed by atoms with E-state index in [1.165, 1.54) is 5.70 Å². The van der Waals surface area contributed by atoms with Gasteiger partial charge in [-0.2, -0.15) is 0 Å². The normalized spacial score (nSPS) is 17.1. The monoisotopic (exact) mass is 240 g/mol. The third kappa shape index (κ3) is 4.48. The fraction of sp³-hybridized carbons (Fsp3) is 0.769. The minimum absolute atomic E-state index is 0.129. The number of rotatable bonds is 6. The molecule has 0 saturated heterocycles. The summed E-state index contributed by atoms with van der Waals surface area (Å²) < 4.78 is 0. The summed E-state index contributed by atoms with van der Waals surface area (Å²) in [6.45, 7) is 5.37. The zero-order valence-electron chi connectivity index (χ0n) is 11.1. The van der Waals surface area contributed by atoms with Gasteiger partial charge in [0.25, 0.3) is 0 Å². The molecule has 98 valence electrons. The number of aliphatic hydroxyl groups excluding tert-OH is 1. The van der Waals surface area contributed by atoms with Crippen LogP contribution in [0.1, 0.15) is 33.1 Å². The summed E-state index contributed by atoms with van der Waals surface area (Å²) in [5, 5.41) is 9.27. The van der Waals surface area contributed by atoms with E-state index in [2.05, 4.69) is 6.08 Å². The van der Waals surface area contributed by atoms with Crippen LogP contribution in [-0.2, 0) is 4.79 Å². The number of hydrogen-bond acceptors (Lipinski definition) is 3. The van der Waals surface area contributed by atoms with Crippen molar-refractivity contribution in [1.29, 1.82) is 0 Å². The number of hydrogen-bond donors (Lipinski definition) is 1. The van der Waals surface area contributed by atoms with E-state index in [0.29, 0.717) is 13.1 Å². The number of nitrogens with zero attached hydrogens (tertiary/aromatic N) is 2. The Morgan fingerprint density at radius 2 is 2.29 bits per heavy atom. The Kier molecular flexibility index (Phi) is 5.65. The second kappa shape index (κ2) is 6.77. The topological polar surface area (TPSA) is 43.8 Å². The van der Waals surface area contributed by atoms with Crippen LogP contribution in [-0.4, -0.2) is 53.6 Å². The first-order chi connectivity index (χ1) is 8.04. The Balaban J connectivity index is 2.49. The van der Waals surface area contributed by atoms with Crippen molar-refractivity contribution in [2.24, 2.45) is 0 Å². The summed E-state index contributed by atoms with van der Waals surface area (Å²) in [6.07, 6.45) is 5.02. The van der Waals surface area contributed by atoms with Crippen LogP contribution in [0.3, 0.4) is 0 Å². The Morgan fingerprint density at radius 3 is 2.76 bits per heavy atom. The molecule has 1 rings (SSSR count). The zero-order valence-corrected chi connectivity index (χ0v) is 11.1. The molecule has 0 aliphatic heterocycles. The van der Waals surface area contributed by atoms with Crippen LogP contribution in [0.4, 0.5) is 0 Å². The summed E-state index contributed by atoms with van der Waals surface area (Å²) in [5.74, 6) is 0.129. The number of carbonyl (C=O) groups is 1. The fourth-order valence-electron chi connectivity index (χ4n) is 2.27. The van der Waals surface area contributed by atoms with Gasteiger partial charge in [0, 0.05) is 18.8 Å². The molecule has 0 aromatic heterocycles. The lowest BCUT2D eigenvalue weighted by Gasteiger charge is -2.25. The Hall–Kier alpha value is -0.870. The number of likely N-dealkylation sites (N-methyl/N-ethyl adjacent to an activating group) is 2. The van der Waals surface area contributed by atoms with Crippen LogP contribution in [0, 0.1) is 0 Å². The average molecular weight is 240 g/mol. The van der Waals surface area contributed by atoms with Gasteiger partial charge in [-0.15, -0.1) is 0 Å². The highest BCUT2D eigenvalue weighted by Crippen LogP contribution is 2.21. The van der Waals surface area contributed by atoms with Crippen LogP contribution in [0.25, 0.3) is 0 Å². The van der Waals surface area contributed by atoms with Gasteiger partial charge in [-0.3, -0.25) is 9.69 Å². The summed E-state index contributed by atoms with van der Waals surface area (Å²) in [7, 11) is 1.86. The van der Waals surface area contributed by atoms with Crippen molar-refractivity contribution >= 4 is 5.91 Å². The molecular weight excluding hydrogens is 216 g/mol. The molecule has 1 aliphatic carbocycles. The van der Waals surface area contributed by atoms with Gasteiger partial charge in [-0.25, -0.2) is 0 Å². The predicted octanol–water partition coefficient (Wildman–Crippen LogP) is 1.22. The van der Waals surface area contributed by atoms with E-state index in [1.54, 1.807) is 6.92 Å². The van der Waals surface area contributed by atoms with Crippen molar-refractivity contribution in [2.45, 2.75) is 39.2 Å². The van der Waals surface area contributed by atoms with E-state index in [1.807, 2.05) is 23.8 Å². The molecule has 0 aromatic rings. The Labute approximate surface area is 104 Å². The minimum atomic E-state index is -0.395. The van der Waals surface area contributed by atoms with E-state index in [0.717, 1.165) is 25.8 Å². The molecule has 4 heteroatoms. The summed E-state index contributed by atoms with van der Waals surface area (Å²) in [4.78, 5) is 15.8. The van der Waals surface area contributed by atoms with Crippen LogP contribution < -0.4 is 0 Å². The van der Waals surface area contributed by atoms with Gasteiger partial charge in [0.1, 0.15) is 0 Å². The molecule has 0 radical (unpaired) electrons. The van der Waals surface area contributed by atoms with Crippen LogP contribution in [0.2, 0.25) is 0 Å². The summed E-state index contributed by atoms with van der Waals surface area (Å²) >= 11 is 0. The summed E-state index contributed by atoms with van der Waals surface area (Å²) in [6, 6.07) is 0. The molecule has 0 saturated carbocycles. The lowest BCUT2D eigenvalue weighted by atomic mass is 10.3. The van der Waals surface area contributed by atoms with Gasteiger partial charge in [-0.05, 0) is 40.2 Å². The highest BCUT2D eigenvalue weighted by Gasteiger charge is 2.19. The van der Waals surface area contributed by atoms with E-state index >= 15 is 0 Å². The average Bonchev–Trinajstić information content (AvgIpc) is 2.70. The van der Waals surface area contributed by atoms with E-state index in [9.17, 15) is 9.90 Å². The number of amides is 1. The van der Waals surface area contributed by atoms with Crippen molar-refractivity contribution in [3.8, 4) is 0 Å². The minimum Gasteiger partial charge on any atom is -0.392 e. The van der Waals surface area contributed by atoms with Gasteiger partial charge in [0.05, 0.1) is 12.6 Å². The van der Waals surface area contributed by atoms with Crippen LogP contribution in [0.5, 0.6) is 0 Å². The SMILES string of the molecule is CCN(C(=O)CN(C)CC(C)O)C1=CCCC1. The van der Waals surface area contributed by atoms with Crippen LogP contribution in [0.15, 0.2) is 11.8 Å². The van der Waals surface area contributed by atoms with Gasteiger partial charge in [0.2, 0.25) is 5.91 Å². The first kappa shape index (κ1) is 14.2. The van der Waals surface area contributed by atoms with Crippen molar-refractivity contribution in [1.82, 2.24) is 9.80 Å². The molecule has 0 bridgehead atoms. The molecule has 1 atom stereocenters. The smallest absolute Gasteiger partial charge is 0.240 e. The highest BCUT2D eigenvalue weighted by atomic mass is 16.3. The lowest BCUT2D eigenvalue weighted by molar-refractivity contribution is -0.130. The number of allylic oxidation sites excluding steroid dienone is 2. The molecular formula is C13H24N2O2.